The van der Waals surface area contributed by atoms with Crippen LogP contribution in [0.25, 0.3) is 0 Å². The fourth-order valence-corrected chi connectivity index (χ4v) is 3.12. The first-order chi connectivity index (χ1) is 8.55. The van der Waals surface area contributed by atoms with E-state index < -0.39 is 10.0 Å². The highest BCUT2D eigenvalue weighted by Gasteiger charge is 2.31. The summed E-state index contributed by atoms with van der Waals surface area (Å²) in [5, 5.41) is 3.07. The highest BCUT2D eigenvalue weighted by atomic mass is 32.2. The van der Waals surface area contributed by atoms with Crippen LogP contribution in [0.4, 0.5) is 0 Å². The van der Waals surface area contributed by atoms with Crippen molar-refractivity contribution in [2.24, 2.45) is 0 Å². The van der Waals surface area contributed by atoms with Crippen LogP contribution in [-0.4, -0.2) is 45.5 Å². The van der Waals surface area contributed by atoms with Crippen LogP contribution in [0.1, 0.15) is 6.92 Å². The normalized spacial score (nSPS) is 16.6. The maximum absolute atomic E-state index is 12.3. The van der Waals surface area contributed by atoms with E-state index in [4.69, 9.17) is 4.74 Å². The van der Waals surface area contributed by atoms with Gasteiger partial charge in [0.1, 0.15) is 5.75 Å². The van der Waals surface area contributed by atoms with Gasteiger partial charge in [-0.25, -0.2) is 8.42 Å². The number of rotatable bonds is 5. The lowest BCUT2D eigenvalue weighted by Gasteiger charge is -2.34. The van der Waals surface area contributed by atoms with Gasteiger partial charge in [-0.05, 0) is 31.2 Å². The van der Waals surface area contributed by atoms with Crippen LogP contribution in [0.3, 0.4) is 0 Å². The lowest BCUT2D eigenvalue weighted by atomic mass is 10.2. The Hall–Kier alpha value is -1.11. The number of benzene rings is 1. The molecule has 1 saturated heterocycles. The van der Waals surface area contributed by atoms with Gasteiger partial charge in [0.25, 0.3) is 0 Å². The molecule has 0 unspecified atom stereocenters. The zero-order valence-electron chi connectivity index (χ0n) is 10.6. The third-order valence-corrected chi connectivity index (χ3v) is 5.01. The number of ether oxygens (including phenoxy) is 1. The Morgan fingerprint density at radius 1 is 1.33 bits per heavy atom. The van der Waals surface area contributed by atoms with E-state index in [1.165, 1.54) is 4.31 Å². The van der Waals surface area contributed by atoms with E-state index in [9.17, 15) is 8.42 Å². The predicted octanol–water partition coefficient (Wildman–Crippen LogP) is 0.678. The number of sulfonamides is 1. The minimum atomic E-state index is -3.39. The van der Waals surface area contributed by atoms with E-state index in [2.05, 4.69) is 5.32 Å². The van der Waals surface area contributed by atoms with Gasteiger partial charge in [-0.15, -0.1) is 0 Å². The number of nitrogens with one attached hydrogen (secondary N) is 1. The minimum absolute atomic E-state index is 0.0570. The molecule has 1 N–H and O–H groups in total. The molecule has 0 saturated carbocycles. The first kappa shape index (κ1) is 13.3. The van der Waals surface area contributed by atoms with Gasteiger partial charge in [0, 0.05) is 26.2 Å². The van der Waals surface area contributed by atoms with Crippen molar-refractivity contribution in [3.05, 3.63) is 24.3 Å². The zero-order chi connectivity index (χ0) is 13.2. The van der Waals surface area contributed by atoms with Gasteiger partial charge in [0.15, 0.2) is 0 Å². The van der Waals surface area contributed by atoms with Crippen LogP contribution in [-0.2, 0) is 10.0 Å². The molecular formula is C12H18N2O3S. The van der Waals surface area contributed by atoms with Crippen LogP contribution < -0.4 is 10.1 Å². The summed E-state index contributed by atoms with van der Waals surface area (Å²) in [5.41, 5.74) is 0. The van der Waals surface area contributed by atoms with E-state index in [0.29, 0.717) is 30.3 Å². The van der Waals surface area contributed by atoms with Crippen molar-refractivity contribution < 1.29 is 13.2 Å². The summed E-state index contributed by atoms with van der Waals surface area (Å²) in [4.78, 5) is 0.306. The molecule has 0 bridgehead atoms. The van der Waals surface area contributed by atoms with Crippen LogP contribution in [0, 0.1) is 0 Å². The molecule has 2 rings (SSSR count). The predicted molar refractivity (Wildman–Crippen MR) is 69.2 cm³/mol. The van der Waals surface area contributed by atoms with Gasteiger partial charge in [-0.1, -0.05) is 0 Å². The molecule has 1 heterocycles. The Balaban J connectivity index is 2.18. The van der Waals surface area contributed by atoms with Crippen LogP contribution >= 0.6 is 0 Å². The molecule has 0 atom stereocenters. The van der Waals surface area contributed by atoms with Crippen molar-refractivity contribution in [3.8, 4) is 5.75 Å². The Kier molecular flexibility index (Phi) is 3.89. The molecule has 1 aliphatic heterocycles. The summed E-state index contributed by atoms with van der Waals surface area (Å²) in [7, 11) is -1.77. The second-order valence-corrected chi connectivity index (χ2v) is 6.24. The lowest BCUT2D eigenvalue weighted by Crippen LogP contribution is -2.57. The molecule has 100 valence electrons. The van der Waals surface area contributed by atoms with Crippen LogP contribution in [0.5, 0.6) is 5.75 Å². The summed E-state index contributed by atoms with van der Waals surface area (Å²) < 4.78 is 31.3. The van der Waals surface area contributed by atoms with Crippen LogP contribution in [0.15, 0.2) is 29.2 Å². The molecule has 1 aromatic carbocycles. The molecule has 0 aliphatic carbocycles. The van der Waals surface area contributed by atoms with Gasteiger partial charge in [0.05, 0.1) is 11.5 Å². The highest BCUT2D eigenvalue weighted by Crippen LogP contribution is 2.21. The first-order valence-corrected chi connectivity index (χ1v) is 7.41. The van der Waals surface area contributed by atoms with Crippen LogP contribution in [0.2, 0.25) is 0 Å². The standard InChI is InChI=1S/C12H18N2O3S/c1-3-17-11-4-6-12(7-5-11)18(15,16)14(2)10-8-13-9-10/h4-7,10,13H,3,8-9H2,1-2H3. The summed E-state index contributed by atoms with van der Waals surface area (Å²) in [6.07, 6.45) is 0. The van der Waals surface area contributed by atoms with Gasteiger partial charge in [-0.3, -0.25) is 0 Å². The average molecular weight is 270 g/mol. The largest absolute Gasteiger partial charge is 0.494 e. The van der Waals surface area contributed by atoms with E-state index in [1.807, 2.05) is 6.92 Å². The quantitative estimate of drug-likeness (QED) is 0.854. The van der Waals surface area contributed by atoms with Gasteiger partial charge < -0.3 is 10.1 Å². The fourth-order valence-electron chi connectivity index (χ4n) is 1.77. The average Bonchev–Trinajstić information content (AvgIpc) is 2.28. The summed E-state index contributed by atoms with van der Waals surface area (Å²) in [5.74, 6) is 0.685. The molecule has 1 aromatic rings. The smallest absolute Gasteiger partial charge is 0.243 e. The molecule has 1 fully saturated rings. The van der Waals surface area contributed by atoms with Crippen molar-refractivity contribution in [3.63, 3.8) is 0 Å². The van der Waals surface area contributed by atoms with E-state index in [0.717, 1.165) is 0 Å². The van der Waals surface area contributed by atoms with Crippen molar-refractivity contribution in [1.82, 2.24) is 9.62 Å². The molecule has 0 aromatic heterocycles. The van der Waals surface area contributed by atoms with E-state index in [-0.39, 0.29) is 6.04 Å². The zero-order valence-corrected chi connectivity index (χ0v) is 11.4. The molecule has 6 heteroatoms. The van der Waals surface area contributed by atoms with E-state index >= 15 is 0 Å². The minimum Gasteiger partial charge on any atom is -0.494 e. The molecule has 0 amide bonds. The molecular weight excluding hydrogens is 252 g/mol. The topological polar surface area (TPSA) is 58.6 Å². The second-order valence-electron chi connectivity index (χ2n) is 4.24. The number of likely N-dealkylation sites (N-methyl/N-ethyl adjacent to an activating group) is 1. The molecule has 1 aliphatic rings. The van der Waals surface area contributed by atoms with Crippen molar-refractivity contribution in [2.45, 2.75) is 17.9 Å². The fraction of sp³-hybridized carbons (Fsp3) is 0.500. The number of hydrogen-bond acceptors (Lipinski definition) is 4. The third kappa shape index (κ3) is 2.50. The van der Waals surface area contributed by atoms with Crippen molar-refractivity contribution in [1.29, 1.82) is 0 Å². The molecule has 5 nitrogen and oxygen atoms in total. The molecule has 0 spiro atoms. The maximum atomic E-state index is 12.3. The van der Waals surface area contributed by atoms with Gasteiger partial charge in [-0.2, -0.15) is 4.31 Å². The Morgan fingerprint density at radius 3 is 2.39 bits per heavy atom. The molecule has 0 radical (unpaired) electrons. The SMILES string of the molecule is CCOc1ccc(S(=O)(=O)N(C)C2CNC2)cc1. The first-order valence-electron chi connectivity index (χ1n) is 5.97. The second kappa shape index (κ2) is 5.26. The van der Waals surface area contributed by atoms with Gasteiger partial charge in [0.2, 0.25) is 10.0 Å². The van der Waals surface area contributed by atoms with Crippen molar-refractivity contribution >= 4 is 10.0 Å². The maximum Gasteiger partial charge on any atom is 0.243 e. The number of nitrogens with zero attached hydrogens (tertiary/aromatic N) is 1. The van der Waals surface area contributed by atoms with Crippen molar-refractivity contribution in [2.75, 3.05) is 26.7 Å². The number of hydrogen-bond donors (Lipinski definition) is 1. The summed E-state index contributed by atoms with van der Waals surface area (Å²) >= 11 is 0. The monoisotopic (exact) mass is 270 g/mol. The third-order valence-electron chi connectivity index (χ3n) is 3.09. The summed E-state index contributed by atoms with van der Waals surface area (Å²) in [6.45, 7) is 3.89. The Bertz CT molecular complexity index is 495. The summed E-state index contributed by atoms with van der Waals surface area (Å²) in [6, 6.07) is 6.60. The van der Waals surface area contributed by atoms with Gasteiger partial charge >= 0.3 is 0 Å². The Morgan fingerprint density at radius 2 is 1.94 bits per heavy atom. The van der Waals surface area contributed by atoms with E-state index in [1.54, 1.807) is 31.3 Å². The Labute approximate surface area is 108 Å². The lowest BCUT2D eigenvalue weighted by molar-refractivity contribution is 0.274. The highest BCUT2D eigenvalue weighted by molar-refractivity contribution is 7.89. The molecule has 18 heavy (non-hydrogen) atoms.